The molecule has 156 valence electrons. The first-order valence-corrected chi connectivity index (χ1v) is 9.64. The minimum absolute atomic E-state index is 0.0216. The van der Waals surface area contributed by atoms with Crippen molar-refractivity contribution in [3.05, 3.63) is 89.5 Å². The smallest absolute Gasteiger partial charge is 0.165 e. The van der Waals surface area contributed by atoms with Crippen LogP contribution in [0.5, 0.6) is 5.75 Å². The highest BCUT2D eigenvalue weighted by Gasteiger charge is 2.23. The molecule has 0 bridgehead atoms. The number of H-pyrrole nitrogens is 2. The number of hydrogen-bond donors (Lipinski definition) is 2. The van der Waals surface area contributed by atoms with Crippen LogP contribution in [0.25, 0.3) is 22.1 Å². The van der Waals surface area contributed by atoms with Crippen molar-refractivity contribution in [1.29, 1.82) is 0 Å². The van der Waals surface area contributed by atoms with E-state index >= 15 is 0 Å². The van der Waals surface area contributed by atoms with Crippen LogP contribution in [0, 0.1) is 11.6 Å². The van der Waals surface area contributed by atoms with Gasteiger partial charge >= 0.3 is 0 Å². The van der Waals surface area contributed by atoms with Crippen LogP contribution in [0.2, 0.25) is 0 Å². The number of imidazole rings is 1. The van der Waals surface area contributed by atoms with Gasteiger partial charge in [-0.05, 0) is 30.3 Å². The molecule has 5 aromatic rings. The van der Waals surface area contributed by atoms with Crippen LogP contribution in [0.1, 0.15) is 23.1 Å². The summed E-state index contributed by atoms with van der Waals surface area (Å²) in [5.41, 5.74) is 3.01. The fourth-order valence-corrected chi connectivity index (χ4v) is 3.69. The number of ether oxygens (including phenoxy) is 2. The summed E-state index contributed by atoms with van der Waals surface area (Å²) in [4.78, 5) is 14.7. The number of methoxy groups -OCH3 is 1. The molecule has 5 rings (SSSR count). The molecule has 1 unspecified atom stereocenters. The summed E-state index contributed by atoms with van der Waals surface area (Å²) >= 11 is 0. The summed E-state index contributed by atoms with van der Waals surface area (Å²) in [7, 11) is 1.45. The largest absolute Gasteiger partial charge is 0.483 e. The number of halogens is 2. The molecule has 0 amide bonds. The molecule has 0 fully saturated rings. The quantitative estimate of drug-likeness (QED) is 0.404. The van der Waals surface area contributed by atoms with Crippen LogP contribution in [0.3, 0.4) is 0 Å². The third-order valence-electron chi connectivity index (χ3n) is 5.14. The number of nitrogens with one attached hydrogen (secondary N) is 2. The molecule has 2 N–H and O–H groups in total. The molecule has 0 spiro atoms. The van der Waals surface area contributed by atoms with Crippen molar-refractivity contribution >= 4 is 22.1 Å². The topological polar surface area (TPSA) is 75.8 Å². The van der Waals surface area contributed by atoms with Gasteiger partial charge in [0.15, 0.2) is 11.6 Å². The van der Waals surface area contributed by atoms with Crippen molar-refractivity contribution in [3.8, 4) is 5.75 Å². The van der Waals surface area contributed by atoms with Gasteiger partial charge in [-0.1, -0.05) is 12.1 Å². The zero-order valence-corrected chi connectivity index (χ0v) is 16.5. The molecular formula is C23H18F2N4O2. The fourth-order valence-electron chi connectivity index (χ4n) is 3.69. The minimum atomic E-state index is -0.808. The molecule has 2 aromatic carbocycles. The minimum Gasteiger partial charge on any atom is -0.483 e. The lowest BCUT2D eigenvalue weighted by atomic mass is 10.0. The van der Waals surface area contributed by atoms with Crippen LogP contribution in [-0.2, 0) is 11.3 Å². The third-order valence-corrected chi connectivity index (χ3v) is 5.14. The standard InChI is InChI=1S/C23H18F2N4O2/c1-30-22(15-11-27-23-13(15)5-4-8-26-23)14-9-17(25)20(10-16(14)24)31-12-21-28-18-6-2-3-7-19(18)29-21/h2-11,22H,12H2,1H3,(H,26,27)(H,28,29). The maximum Gasteiger partial charge on any atom is 0.165 e. The van der Waals surface area contributed by atoms with Gasteiger partial charge in [0.05, 0.1) is 11.0 Å². The Bertz CT molecular complexity index is 1350. The van der Waals surface area contributed by atoms with E-state index in [0.29, 0.717) is 17.0 Å². The van der Waals surface area contributed by atoms with Gasteiger partial charge < -0.3 is 19.4 Å². The van der Waals surface area contributed by atoms with Gasteiger partial charge in [0, 0.05) is 42.1 Å². The predicted octanol–water partition coefficient (Wildman–Crippen LogP) is 5.03. The highest BCUT2D eigenvalue weighted by atomic mass is 19.1. The monoisotopic (exact) mass is 420 g/mol. The molecule has 0 radical (unpaired) electrons. The molecule has 31 heavy (non-hydrogen) atoms. The second-order valence-electron chi connectivity index (χ2n) is 7.05. The summed E-state index contributed by atoms with van der Waals surface area (Å²) in [6.45, 7) is -0.0216. The molecule has 3 heterocycles. The number of benzene rings is 2. The van der Waals surface area contributed by atoms with Crippen LogP contribution >= 0.6 is 0 Å². The van der Waals surface area contributed by atoms with Gasteiger partial charge in [0.25, 0.3) is 0 Å². The van der Waals surface area contributed by atoms with Gasteiger partial charge in [-0.15, -0.1) is 0 Å². The second kappa shape index (κ2) is 7.81. The van der Waals surface area contributed by atoms with E-state index in [-0.39, 0.29) is 17.9 Å². The summed E-state index contributed by atoms with van der Waals surface area (Å²) in [6, 6.07) is 13.3. The van der Waals surface area contributed by atoms with Crippen LogP contribution < -0.4 is 4.74 Å². The van der Waals surface area contributed by atoms with Gasteiger partial charge in [-0.25, -0.2) is 18.7 Å². The highest BCUT2D eigenvalue weighted by molar-refractivity contribution is 5.80. The molecule has 0 saturated carbocycles. The van der Waals surface area contributed by atoms with E-state index in [1.807, 2.05) is 30.3 Å². The Morgan fingerprint density at radius 1 is 1.03 bits per heavy atom. The molecule has 0 aliphatic carbocycles. The molecule has 3 aromatic heterocycles. The Hall–Kier alpha value is -3.78. The van der Waals surface area contributed by atoms with E-state index < -0.39 is 17.7 Å². The van der Waals surface area contributed by atoms with E-state index in [1.54, 1.807) is 18.5 Å². The summed E-state index contributed by atoms with van der Waals surface area (Å²) in [6.07, 6.45) is 2.53. The third kappa shape index (κ3) is 3.51. The number of hydrogen-bond acceptors (Lipinski definition) is 4. The lowest BCUT2D eigenvalue weighted by Crippen LogP contribution is -2.08. The first-order chi connectivity index (χ1) is 15.1. The van der Waals surface area contributed by atoms with E-state index in [1.165, 1.54) is 7.11 Å². The Morgan fingerprint density at radius 3 is 2.74 bits per heavy atom. The Balaban J connectivity index is 1.42. The molecule has 6 nitrogen and oxygen atoms in total. The number of pyridine rings is 1. The summed E-state index contributed by atoms with van der Waals surface area (Å²) < 4.78 is 40.8. The number of rotatable bonds is 6. The number of fused-ring (bicyclic) bond motifs is 2. The molecule has 0 aliphatic heterocycles. The second-order valence-corrected chi connectivity index (χ2v) is 7.05. The number of aromatic nitrogens is 4. The Kier molecular flexibility index (Phi) is 4.83. The molecular weight excluding hydrogens is 402 g/mol. The van der Waals surface area contributed by atoms with Crippen molar-refractivity contribution in [2.24, 2.45) is 0 Å². The van der Waals surface area contributed by atoms with Crippen molar-refractivity contribution in [3.63, 3.8) is 0 Å². The number of aromatic amines is 2. The van der Waals surface area contributed by atoms with Crippen LogP contribution in [0.4, 0.5) is 8.78 Å². The maximum absolute atomic E-state index is 15.0. The van der Waals surface area contributed by atoms with E-state index in [9.17, 15) is 8.78 Å². The summed E-state index contributed by atoms with van der Waals surface area (Å²) in [5, 5.41) is 0.777. The average molecular weight is 420 g/mol. The van der Waals surface area contributed by atoms with Gasteiger partial charge in [0.1, 0.15) is 30.0 Å². The Labute approximate surface area is 175 Å². The molecule has 0 aliphatic rings. The van der Waals surface area contributed by atoms with Crippen LogP contribution in [-0.4, -0.2) is 27.0 Å². The van der Waals surface area contributed by atoms with Crippen molar-refractivity contribution in [1.82, 2.24) is 19.9 Å². The molecule has 1 atom stereocenters. The Morgan fingerprint density at radius 2 is 1.90 bits per heavy atom. The van der Waals surface area contributed by atoms with Crippen molar-refractivity contribution < 1.29 is 18.3 Å². The van der Waals surface area contributed by atoms with E-state index in [2.05, 4.69) is 19.9 Å². The van der Waals surface area contributed by atoms with E-state index in [4.69, 9.17) is 9.47 Å². The zero-order chi connectivity index (χ0) is 21.4. The first-order valence-electron chi connectivity index (χ1n) is 9.64. The van der Waals surface area contributed by atoms with Crippen molar-refractivity contribution in [2.75, 3.05) is 7.11 Å². The average Bonchev–Trinajstić information content (AvgIpc) is 3.39. The zero-order valence-electron chi connectivity index (χ0n) is 16.5. The van der Waals surface area contributed by atoms with Crippen molar-refractivity contribution in [2.45, 2.75) is 12.7 Å². The predicted molar refractivity (Wildman–Crippen MR) is 112 cm³/mol. The molecule has 8 heteroatoms. The van der Waals surface area contributed by atoms with Gasteiger partial charge in [-0.2, -0.15) is 0 Å². The lowest BCUT2D eigenvalue weighted by molar-refractivity contribution is 0.133. The highest BCUT2D eigenvalue weighted by Crippen LogP contribution is 2.34. The van der Waals surface area contributed by atoms with Crippen LogP contribution in [0.15, 0.2) is 60.9 Å². The van der Waals surface area contributed by atoms with Gasteiger partial charge in [-0.3, -0.25) is 0 Å². The first kappa shape index (κ1) is 19.2. The van der Waals surface area contributed by atoms with E-state index in [0.717, 1.165) is 28.6 Å². The fraction of sp³-hybridized carbons (Fsp3) is 0.130. The maximum atomic E-state index is 15.0. The number of para-hydroxylation sites is 2. The summed E-state index contributed by atoms with van der Waals surface area (Å²) in [5.74, 6) is -0.998. The normalized spacial score (nSPS) is 12.5. The number of nitrogens with zero attached hydrogens (tertiary/aromatic N) is 2. The van der Waals surface area contributed by atoms with Gasteiger partial charge in [0.2, 0.25) is 0 Å². The molecule has 0 saturated heterocycles. The lowest BCUT2D eigenvalue weighted by Gasteiger charge is -2.17. The SMILES string of the molecule is COC(c1cc(F)c(OCc2nc3ccccc3[nH]2)cc1F)c1c[nH]c2ncccc12.